The molecule has 2 atom stereocenters. The molecule has 1 aliphatic heterocycles. The molecule has 1 fully saturated rings. The number of aryl methyl sites for hydroxylation is 1. The van der Waals surface area contributed by atoms with Gasteiger partial charge in [-0.1, -0.05) is 0 Å². The van der Waals surface area contributed by atoms with Crippen LogP contribution in [0.3, 0.4) is 0 Å². The molecule has 160 valence electrons. The van der Waals surface area contributed by atoms with Crippen LogP contribution in [0.2, 0.25) is 0 Å². The maximum atomic E-state index is 14.5. The van der Waals surface area contributed by atoms with Crippen LogP contribution in [0.15, 0.2) is 43.1 Å². The fraction of sp³-hybridized carbons (Fsp3) is 0.318. The number of halogens is 2. The number of aromatic nitrogens is 5. The van der Waals surface area contributed by atoms with E-state index in [1.807, 2.05) is 10.9 Å². The Hall–Kier alpha value is -3.33. The number of nitrogens with one attached hydrogen (secondary N) is 2. The van der Waals surface area contributed by atoms with E-state index < -0.39 is 11.6 Å². The standard InChI is InChI=1S/C22H23F2N7/c1-13-7-17(19(24)9-18(13)23)20-11-27-21(22-26-5-6-30(20)22)29-15-10-28-31(12-15)16-3-4-25-14(2)8-16/h5-7,9-12,14,16,25H,3-4,8H2,1-2H3,(H,27,29)/t14-,16?/m1/s1. The number of piperidine rings is 1. The molecule has 7 nitrogen and oxygen atoms in total. The smallest absolute Gasteiger partial charge is 0.180 e. The maximum Gasteiger partial charge on any atom is 0.180 e. The van der Waals surface area contributed by atoms with Gasteiger partial charge in [0, 0.05) is 36.3 Å². The van der Waals surface area contributed by atoms with E-state index in [0.717, 1.165) is 31.1 Å². The van der Waals surface area contributed by atoms with Crippen molar-refractivity contribution >= 4 is 17.2 Å². The Balaban J connectivity index is 1.46. The quantitative estimate of drug-likeness (QED) is 0.514. The molecule has 4 aromatic rings. The van der Waals surface area contributed by atoms with Crippen LogP contribution in [0, 0.1) is 18.6 Å². The number of nitrogens with zero attached hydrogens (tertiary/aromatic N) is 5. The van der Waals surface area contributed by atoms with Crippen LogP contribution in [-0.2, 0) is 0 Å². The summed E-state index contributed by atoms with van der Waals surface area (Å²) in [5.74, 6) is -0.682. The summed E-state index contributed by atoms with van der Waals surface area (Å²) < 4.78 is 31.9. The van der Waals surface area contributed by atoms with Gasteiger partial charge in [-0.05, 0) is 44.9 Å². The Morgan fingerprint density at radius 2 is 2.03 bits per heavy atom. The van der Waals surface area contributed by atoms with Gasteiger partial charge in [0.15, 0.2) is 11.5 Å². The average Bonchev–Trinajstić information content (AvgIpc) is 3.41. The molecule has 1 aromatic carbocycles. The summed E-state index contributed by atoms with van der Waals surface area (Å²) in [7, 11) is 0. The van der Waals surface area contributed by atoms with Crippen molar-refractivity contribution in [3.8, 4) is 11.3 Å². The number of hydrogen-bond donors (Lipinski definition) is 2. The molecular weight excluding hydrogens is 400 g/mol. The Kier molecular flexibility index (Phi) is 4.90. The molecular formula is C22H23F2N7. The molecule has 3 aromatic heterocycles. The molecule has 0 bridgehead atoms. The van der Waals surface area contributed by atoms with Crippen LogP contribution in [0.1, 0.15) is 31.4 Å². The Morgan fingerprint density at radius 3 is 2.87 bits per heavy atom. The van der Waals surface area contributed by atoms with Gasteiger partial charge in [0.2, 0.25) is 0 Å². The van der Waals surface area contributed by atoms with Gasteiger partial charge in [0.1, 0.15) is 11.6 Å². The van der Waals surface area contributed by atoms with Crippen molar-refractivity contribution in [2.24, 2.45) is 0 Å². The number of fused-ring (bicyclic) bond motifs is 1. The van der Waals surface area contributed by atoms with Gasteiger partial charge in [0.05, 0.1) is 29.8 Å². The second-order valence-corrected chi connectivity index (χ2v) is 8.06. The first kappa shape index (κ1) is 19.6. The van der Waals surface area contributed by atoms with Crippen LogP contribution in [-0.4, -0.2) is 36.7 Å². The zero-order valence-electron chi connectivity index (χ0n) is 17.3. The van der Waals surface area contributed by atoms with Crippen LogP contribution < -0.4 is 10.6 Å². The van der Waals surface area contributed by atoms with Crippen molar-refractivity contribution < 1.29 is 8.78 Å². The van der Waals surface area contributed by atoms with Crippen molar-refractivity contribution in [3.63, 3.8) is 0 Å². The Labute approximate surface area is 178 Å². The molecule has 0 saturated carbocycles. The lowest BCUT2D eigenvalue weighted by molar-refractivity contribution is 0.295. The molecule has 0 amide bonds. The number of imidazole rings is 1. The number of anilines is 2. The lowest BCUT2D eigenvalue weighted by Gasteiger charge is -2.28. The summed E-state index contributed by atoms with van der Waals surface area (Å²) in [6.45, 7) is 4.76. The molecule has 0 aliphatic carbocycles. The molecule has 2 N–H and O–H groups in total. The first-order valence-electron chi connectivity index (χ1n) is 10.3. The minimum absolute atomic E-state index is 0.272. The van der Waals surface area contributed by atoms with Gasteiger partial charge in [-0.15, -0.1) is 0 Å². The van der Waals surface area contributed by atoms with Crippen LogP contribution >= 0.6 is 0 Å². The summed E-state index contributed by atoms with van der Waals surface area (Å²) in [5, 5.41) is 11.2. The third kappa shape index (κ3) is 3.65. The van der Waals surface area contributed by atoms with Gasteiger partial charge in [0.25, 0.3) is 0 Å². The van der Waals surface area contributed by atoms with E-state index in [9.17, 15) is 8.78 Å². The highest BCUT2D eigenvalue weighted by Gasteiger charge is 2.21. The van der Waals surface area contributed by atoms with E-state index in [-0.39, 0.29) is 5.56 Å². The SMILES string of the molecule is Cc1cc(-c2cnc(Nc3cnn(C4CCN[C@H](C)C4)c3)c3nccn23)c(F)cc1F. The molecule has 4 heterocycles. The van der Waals surface area contributed by atoms with Gasteiger partial charge >= 0.3 is 0 Å². The number of hydrogen-bond acceptors (Lipinski definition) is 5. The van der Waals surface area contributed by atoms with E-state index in [1.54, 1.807) is 36.1 Å². The average molecular weight is 423 g/mol. The largest absolute Gasteiger partial charge is 0.335 e. The Bertz CT molecular complexity index is 1250. The highest BCUT2D eigenvalue weighted by molar-refractivity contribution is 5.74. The third-order valence-electron chi connectivity index (χ3n) is 5.79. The summed E-state index contributed by atoms with van der Waals surface area (Å²) in [4.78, 5) is 8.86. The number of benzene rings is 1. The molecule has 5 rings (SSSR count). The van der Waals surface area contributed by atoms with E-state index >= 15 is 0 Å². The zero-order chi connectivity index (χ0) is 21.5. The fourth-order valence-electron chi connectivity index (χ4n) is 4.14. The van der Waals surface area contributed by atoms with Crippen molar-refractivity contribution in [1.29, 1.82) is 0 Å². The lowest BCUT2D eigenvalue weighted by Crippen LogP contribution is -2.36. The topological polar surface area (TPSA) is 72.1 Å². The predicted molar refractivity (Wildman–Crippen MR) is 114 cm³/mol. The van der Waals surface area contributed by atoms with Crippen molar-refractivity contribution in [2.45, 2.75) is 38.8 Å². The summed E-state index contributed by atoms with van der Waals surface area (Å²) in [5.41, 5.74) is 2.49. The van der Waals surface area contributed by atoms with Crippen LogP contribution in [0.5, 0.6) is 0 Å². The van der Waals surface area contributed by atoms with Gasteiger partial charge in [-0.25, -0.2) is 18.7 Å². The van der Waals surface area contributed by atoms with E-state index in [2.05, 4.69) is 32.6 Å². The van der Waals surface area contributed by atoms with E-state index in [1.165, 1.54) is 6.07 Å². The van der Waals surface area contributed by atoms with Crippen molar-refractivity contribution in [2.75, 3.05) is 11.9 Å². The summed E-state index contributed by atoms with van der Waals surface area (Å²) in [6.07, 6.45) is 10.7. The first-order chi connectivity index (χ1) is 15.0. The second kappa shape index (κ2) is 7.73. The summed E-state index contributed by atoms with van der Waals surface area (Å²) >= 11 is 0. The van der Waals surface area contributed by atoms with Crippen LogP contribution in [0.4, 0.5) is 20.3 Å². The minimum atomic E-state index is -0.641. The zero-order valence-corrected chi connectivity index (χ0v) is 17.3. The molecule has 1 aliphatic rings. The Morgan fingerprint density at radius 1 is 1.16 bits per heavy atom. The van der Waals surface area contributed by atoms with Crippen molar-refractivity contribution in [3.05, 3.63) is 60.3 Å². The molecule has 9 heteroatoms. The van der Waals surface area contributed by atoms with Gasteiger partial charge < -0.3 is 10.6 Å². The highest BCUT2D eigenvalue weighted by atomic mass is 19.1. The second-order valence-electron chi connectivity index (χ2n) is 8.06. The van der Waals surface area contributed by atoms with E-state index in [4.69, 9.17) is 0 Å². The molecule has 0 radical (unpaired) electrons. The van der Waals surface area contributed by atoms with Crippen molar-refractivity contribution in [1.82, 2.24) is 29.5 Å². The minimum Gasteiger partial charge on any atom is -0.335 e. The van der Waals surface area contributed by atoms with Gasteiger partial charge in [-0.3, -0.25) is 9.08 Å². The summed E-state index contributed by atoms with van der Waals surface area (Å²) in [6, 6.07) is 3.21. The monoisotopic (exact) mass is 423 g/mol. The normalized spacial score (nSPS) is 19.1. The number of rotatable bonds is 4. The fourth-order valence-corrected chi connectivity index (χ4v) is 4.14. The predicted octanol–water partition coefficient (Wildman–Crippen LogP) is 4.24. The van der Waals surface area contributed by atoms with Crippen LogP contribution in [0.25, 0.3) is 16.9 Å². The molecule has 1 unspecified atom stereocenters. The first-order valence-corrected chi connectivity index (χ1v) is 10.3. The highest BCUT2D eigenvalue weighted by Crippen LogP contribution is 2.29. The van der Waals surface area contributed by atoms with Gasteiger partial charge in [-0.2, -0.15) is 5.10 Å². The van der Waals surface area contributed by atoms with E-state index in [0.29, 0.717) is 34.8 Å². The third-order valence-corrected chi connectivity index (χ3v) is 5.79. The lowest BCUT2D eigenvalue weighted by atomic mass is 10.0. The maximum absolute atomic E-state index is 14.5. The molecule has 0 spiro atoms. The molecule has 31 heavy (non-hydrogen) atoms. The molecule has 1 saturated heterocycles.